The van der Waals surface area contributed by atoms with Gasteiger partial charge in [0.2, 0.25) is 0 Å². The third-order valence-corrected chi connectivity index (χ3v) is 5.60. The molecule has 1 aliphatic heterocycles. The molecule has 1 saturated heterocycles. The molecule has 0 aliphatic carbocycles. The van der Waals surface area contributed by atoms with Crippen LogP contribution in [0, 0.1) is 20.8 Å². The maximum absolute atomic E-state index is 13.3. The van der Waals surface area contributed by atoms with Gasteiger partial charge in [-0.2, -0.15) is 17.7 Å². The molecule has 166 valence electrons. The van der Waals surface area contributed by atoms with Crippen LogP contribution in [0.5, 0.6) is 0 Å². The number of aromatic nitrogens is 6. The van der Waals surface area contributed by atoms with Crippen molar-refractivity contribution in [3.05, 3.63) is 34.5 Å². The largest absolute Gasteiger partial charge is 0.453 e. The lowest BCUT2D eigenvalue weighted by atomic mass is 10.1. The fraction of sp³-hybridized carbons (Fsp3) is 0.550. The van der Waals surface area contributed by atoms with Gasteiger partial charge in [0, 0.05) is 55.0 Å². The lowest BCUT2D eigenvalue weighted by molar-refractivity contribution is -0.146. The second kappa shape index (κ2) is 7.61. The monoisotopic (exact) mass is 434 g/mol. The minimum atomic E-state index is -4.62. The first-order chi connectivity index (χ1) is 14.6. The van der Waals surface area contributed by atoms with Crippen molar-refractivity contribution in [3.8, 4) is 0 Å². The molecule has 0 amide bonds. The Bertz CT molecular complexity index is 1110. The molecule has 0 bridgehead atoms. The molecule has 0 radical (unpaired) electrons. The summed E-state index contributed by atoms with van der Waals surface area (Å²) in [6.45, 7) is 12.3. The van der Waals surface area contributed by atoms with Crippen molar-refractivity contribution in [3.63, 3.8) is 0 Å². The normalized spacial score (nSPS) is 15.4. The second-order valence-electron chi connectivity index (χ2n) is 8.18. The lowest BCUT2D eigenvalue weighted by Crippen LogP contribution is -2.47. The summed E-state index contributed by atoms with van der Waals surface area (Å²) >= 11 is 0. The van der Waals surface area contributed by atoms with E-state index in [2.05, 4.69) is 39.0 Å². The van der Waals surface area contributed by atoms with E-state index in [1.807, 2.05) is 24.8 Å². The minimum absolute atomic E-state index is 0.130. The van der Waals surface area contributed by atoms with Gasteiger partial charge < -0.3 is 9.80 Å². The highest BCUT2D eigenvalue weighted by Gasteiger charge is 2.38. The number of alkyl halides is 3. The summed E-state index contributed by atoms with van der Waals surface area (Å²) in [6, 6.07) is 1.97. The fourth-order valence-corrected chi connectivity index (χ4v) is 3.73. The smallest absolute Gasteiger partial charge is 0.353 e. The van der Waals surface area contributed by atoms with Crippen LogP contribution in [0.4, 0.5) is 24.8 Å². The van der Waals surface area contributed by atoms with E-state index in [0.29, 0.717) is 37.6 Å². The zero-order chi connectivity index (χ0) is 22.5. The fourth-order valence-electron chi connectivity index (χ4n) is 3.73. The van der Waals surface area contributed by atoms with E-state index in [-0.39, 0.29) is 11.6 Å². The van der Waals surface area contributed by atoms with Crippen molar-refractivity contribution in [2.45, 2.75) is 46.7 Å². The first-order valence-corrected chi connectivity index (χ1v) is 10.2. The number of anilines is 2. The lowest BCUT2D eigenvalue weighted by Gasteiger charge is -2.37. The van der Waals surface area contributed by atoms with Crippen molar-refractivity contribution in [1.29, 1.82) is 0 Å². The van der Waals surface area contributed by atoms with E-state index >= 15 is 0 Å². The highest BCUT2D eigenvalue weighted by atomic mass is 19.4. The van der Waals surface area contributed by atoms with Crippen molar-refractivity contribution >= 4 is 17.3 Å². The van der Waals surface area contributed by atoms with Gasteiger partial charge in [-0.15, -0.1) is 15.3 Å². The van der Waals surface area contributed by atoms with E-state index in [9.17, 15) is 13.2 Å². The molecular weight excluding hydrogens is 409 g/mol. The first kappa shape index (κ1) is 21.3. The molecule has 3 aromatic heterocycles. The van der Waals surface area contributed by atoms with Crippen LogP contribution in [-0.2, 0) is 6.18 Å². The van der Waals surface area contributed by atoms with E-state index in [1.165, 1.54) is 0 Å². The van der Waals surface area contributed by atoms with Crippen molar-refractivity contribution in [2.75, 3.05) is 36.0 Å². The molecule has 1 aliphatic rings. The quantitative estimate of drug-likeness (QED) is 0.626. The number of fused-ring (bicyclic) bond motifs is 1. The van der Waals surface area contributed by atoms with Crippen LogP contribution in [0.3, 0.4) is 0 Å². The van der Waals surface area contributed by atoms with Crippen LogP contribution in [-0.4, -0.2) is 56.0 Å². The molecule has 31 heavy (non-hydrogen) atoms. The third kappa shape index (κ3) is 3.88. The second-order valence-corrected chi connectivity index (χ2v) is 8.18. The summed E-state index contributed by atoms with van der Waals surface area (Å²) in [7, 11) is 0. The minimum Gasteiger partial charge on any atom is -0.353 e. The average molecular weight is 434 g/mol. The SMILES string of the molecule is Cc1cc(N2CCN(c3nn4c(C(F)(F)F)nnc4c(C)c3C)CC2)nc(C(C)C)n1. The van der Waals surface area contributed by atoms with Gasteiger partial charge in [-0.1, -0.05) is 13.8 Å². The summed E-state index contributed by atoms with van der Waals surface area (Å²) in [5.74, 6) is 1.33. The van der Waals surface area contributed by atoms with Gasteiger partial charge in [-0.05, 0) is 20.8 Å². The number of rotatable bonds is 3. The van der Waals surface area contributed by atoms with Gasteiger partial charge in [0.05, 0.1) is 0 Å². The number of nitrogens with zero attached hydrogens (tertiary/aromatic N) is 8. The molecule has 8 nitrogen and oxygen atoms in total. The average Bonchev–Trinajstić information content (AvgIpc) is 3.15. The van der Waals surface area contributed by atoms with Crippen LogP contribution < -0.4 is 9.80 Å². The topological polar surface area (TPSA) is 75.3 Å². The maximum atomic E-state index is 13.3. The molecule has 0 atom stereocenters. The number of aryl methyl sites for hydroxylation is 2. The van der Waals surface area contributed by atoms with Crippen LogP contribution in [0.2, 0.25) is 0 Å². The number of halogens is 3. The van der Waals surface area contributed by atoms with E-state index in [1.54, 1.807) is 6.92 Å². The number of hydrogen-bond acceptors (Lipinski definition) is 7. The Morgan fingerprint density at radius 1 is 0.903 bits per heavy atom. The van der Waals surface area contributed by atoms with Crippen LogP contribution in [0.1, 0.15) is 48.2 Å². The Labute approximate surface area is 178 Å². The molecule has 0 aromatic carbocycles. The molecule has 0 N–H and O–H groups in total. The zero-order valence-corrected chi connectivity index (χ0v) is 18.2. The molecule has 4 heterocycles. The Morgan fingerprint density at radius 3 is 2.16 bits per heavy atom. The predicted molar refractivity (Wildman–Crippen MR) is 111 cm³/mol. The Kier molecular flexibility index (Phi) is 5.22. The Balaban J connectivity index is 1.61. The van der Waals surface area contributed by atoms with Gasteiger partial charge in [-0.3, -0.25) is 0 Å². The van der Waals surface area contributed by atoms with Crippen molar-refractivity contribution in [2.24, 2.45) is 0 Å². The third-order valence-electron chi connectivity index (χ3n) is 5.60. The maximum Gasteiger partial charge on any atom is 0.453 e. The van der Waals surface area contributed by atoms with Crippen LogP contribution >= 0.6 is 0 Å². The number of piperazine rings is 1. The van der Waals surface area contributed by atoms with E-state index < -0.39 is 12.0 Å². The van der Waals surface area contributed by atoms with E-state index in [4.69, 9.17) is 4.98 Å². The van der Waals surface area contributed by atoms with Crippen LogP contribution in [0.25, 0.3) is 5.65 Å². The summed E-state index contributed by atoms with van der Waals surface area (Å²) < 4.78 is 40.8. The standard InChI is InChI=1S/C20H25F3N8/c1-11(2)16-24-12(3)10-15(25-16)29-6-8-30(9-7-29)18-14(5)13(4)17-26-27-19(20(21,22)23)31(17)28-18/h10-11H,6-9H2,1-5H3. The predicted octanol–water partition coefficient (Wildman–Crippen LogP) is 3.31. The molecular formula is C20H25F3N8. The summed E-state index contributed by atoms with van der Waals surface area (Å²) in [5.41, 5.74) is 2.50. The summed E-state index contributed by atoms with van der Waals surface area (Å²) in [6.07, 6.45) is -4.62. The van der Waals surface area contributed by atoms with Gasteiger partial charge in [0.15, 0.2) is 11.5 Å². The molecule has 0 saturated carbocycles. The number of hydrogen-bond donors (Lipinski definition) is 0. The molecule has 0 spiro atoms. The Hall–Kier alpha value is -2.98. The highest BCUT2D eigenvalue weighted by molar-refractivity contribution is 5.60. The Morgan fingerprint density at radius 2 is 1.55 bits per heavy atom. The summed E-state index contributed by atoms with van der Waals surface area (Å²) in [5, 5.41) is 11.3. The zero-order valence-electron chi connectivity index (χ0n) is 18.2. The van der Waals surface area contributed by atoms with Crippen molar-refractivity contribution < 1.29 is 13.2 Å². The molecule has 0 unspecified atom stereocenters. The molecule has 4 rings (SSSR count). The molecule has 1 fully saturated rings. The first-order valence-electron chi connectivity index (χ1n) is 10.2. The van der Waals surface area contributed by atoms with Gasteiger partial charge in [0.1, 0.15) is 11.6 Å². The van der Waals surface area contributed by atoms with E-state index in [0.717, 1.165) is 27.4 Å². The van der Waals surface area contributed by atoms with Crippen molar-refractivity contribution in [1.82, 2.24) is 29.8 Å². The van der Waals surface area contributed by atoms with Gasteiger partial charge in [-0.25, -0.2) is 9.97 Å². The van der Waals surface area contributed by atoms with Gasteiger partial charge >= 0.3 is 6.18 Å². The highest BCUT2D eigenvalue weighted by Crippen LogP contribution is 2.31. The van der Waals surface area contributed by atoms with Gasteiger partial charge in [0.25, 0.3) is 5.82 Å². The summed E-state index contributed by atoms with van der Waals surface area (Å²) in [4.78, 5) is 13.4. The molecule has 3 aromatic rings. The molecule has 11 heteroatoms. The van der Waals surface area contributed by atoms with Crippen LogP contribution in [0.15, 0.2) is 6.07 Å².